The summed E-state index contributed by atoms with van der Waals surface area (Å²) >= 11 is 5.72. The molecule has 23 heavy (non-hydrogen) atoms. The zero-order valence-corrected chi connectivity index (χ0v) is 14.6. The monoisotopic (exact) mass is 338 g/mol. The number of amides is 1. The van der Waals surface area contributed by atoms with E-state index in [1.165, 1.54) is 0 Å². The normalized spacial score (nSPS) is 24.8. The van der Waals surface area contributed by atoms with Crippen molar-refractivity contribution in [1.29, 1.82) is 0 Å². The molecule has 7 heteroatoms. The van der Waals surface area contributed by atoms with Gasteiger partial charge in [0.25, 0.3) is 0 Å². The van der Waals surface area contributed by atoms with Crippen LogP contribution in [0.15, 0.2) is 12.4 Å². The summed E-state index contributed by atoms with van der Waals surface area (Å²) in [6.45, 7) is 9.15. The summed E-state index contributed by atoms with van der Waals surface area (Å²) in [5.74, 6) is 0.524. The van der Waals surface area contributed by atoms with Gasteiger partial charge in [0, 0.05) is 44.1 Å². The van der Waals surface area contributed by atoms with Gasteiger partial charge in [-0.25, -0.2) is 14.8 Å². The van der Waals surface area contributed by atoms with Gasteiger partial charge in [-0.05, 0) is 44.7 Å². The summed E-state index contributed by atoms with van der Waals surface area (Å²) in [5, 5.41) is 0.267. The molecule has 2 aliphatic rings. The maximum absolute atomic E-state index is 12.4. The number of fused-ring (bicyclic) bond motifs is 1. The number of nitrogens with zero attached hydrogens (tertiary/aromatic N) is 4. The Morgan fingerprint density at radius 2 is 2.04 bits per heavy atom. The first-order valence-corrected chi connectivity index (χ1v) is 8.38. The van der Waals surface area contributed by atoms with E-state index in [-0.39, 0.29) is 17.4 Å². The summed E-state index contributed by atoms with van der Waals surface area (Å²) in [4.78, 5) is 24.6. The molecule has 2 fully saturated rings. The highest BCUT2D eigenvalue weighted by molar-refractivity contribution is 6.28. The van der Waals surface area contributed by atoms with Crippen LogP contribution in [0.25, 0.3) is 0 Å². The second kappa shape index (κ2) is 6.24. The maximum atomic E-state index is 12.4. The number of carbonyl (C=O) groups is 1. The van der Waals surface area contributed by atoms with Crippen molar-refractivity contribution in [2.45, 2.75) is 45.4 Å². The Morgan fingerprint density at radius 1 is 1.35 bits per heavy atom. The fraction of sp³-hybridized carbons (Fsp3) is 0.688. The highest BCUT2D eigenvalue weighted by Crippen LogP contribution is 2.33. The standard InChI is InChI=1S/C16H23ClN4O2/c1-16(2,3)23-15(22)21-5-4-12-9-20(10-13(12)21)8-11-6-18-14(17)19-7-11/h6-7,12-13H,4-5,8-10H2,1-3H3/t12-,13+/m1/s1. The van der Waals surface area contributed by atoms with Gasteiger partial charge < -0.3 is 9.64 Å². The van der Waals surface area contributed by atoms with E-state index in [0.717, 1.165) is 38.2 Å². The predicted octanol–water partition coefficient (Wildman–Crippen LogP) is 2.57. The third kappa shape index (κ3) is 3.93. The largest absolute Gasteiger partial charge is 0.444 e. The number of hydrogen-bond acceptors (Lipinski definition) is 5. The van der Waals surface area contributed by atoms with Crippen LogP contribution in [0.4, 0.5) is 4.79 Å². The molecule has 1 amide bonds. The molecular weight excluding hydrogens is 316 g/mol. The van der Waals surface area contributed by atoms with Gasteiger partial charge in [0.15, 0.2) is 0 Å². The van der Waals surface area contributed by atoms with Gasteiger partial charge in [0.05, 0.1) is 6.04 Å². The Labute approximate surface area is 141 Å². The summed E-state index contributed by atoms with van der Waals surface area (Å²) in [6.07, 6.45) is 4.36. The minimum absolute atomic E-state index is 0.193. The molecule has 0 N–H and O–H groups in total. The third-order valence-electron chi connectivity index (χ3n) is 4.33. The molecule has 0 aromatic carbocycles. The molecule has 3 heterocycles. The number of ether oxygens (including phenoxy) is 1. The lowest BCUT2D eigenvalue weighted by molar-refractivity contribution is 0.0217. The lowest BCUT2D eigenvalue weighted by Crippen LogP contribution is -2.42. The van der Waals surface area contributed by atoms with Crippen LogP contribution < -0.4 is 0 Å². The minimum atomic E-state index is -0.450. The van der Waals surface area contributed by atoms with E-state index in [2.05, 4.69) is 14.9 Å². The fourth-order valence-electron chi connectivity index (χ4n) is 3.40. The van der Waals surface area contributed by atoms with Crippen molar-refractivity contribution in [3.63, 3.8) is 0 Å². The van der Waals surface area contributed by atoms with Gasteiger partial charge in [0.2, 0.25) is 5.28 Å². The van der Waals surface area contributed by atoms with Gasteiger partial charge in [-0.15, -0.1) is 0 Å². The van der Waals surface area contributed by atoms with E-state index in [1.807, 2.05) is 25.7 Å². The Bertz CT molecular complexity index is 572. The van der Waals surface area contributed by atoms with E-state index in [4.69, 9.17) is 16.3 Å². The second-order valence-corrected chi connectivity index (χ2v) is 7.68. The molecule has 0 bridgehead atoms. The zero-order valence-electron chi connectivity index (χ0n) is 13.8. The van der Waals surface area contributed by atoms with E-state index in [0.29, 0.717) is 5.92 Å². The zero-order chi connectivity index (χ0) is 16.6. The Hall–Kier alpha value is -1.40. The first kappa shape index (κ1) is 16.5. The molecule has 2 atom stereocenters. The van der Waals surface area contributed by atoms with Crippen LogP contribution in [0.5, 0.6) is 0 Å². The number of aromatic nitrogens is 2. The lowest BCUT2D eigenvalue weighted by atomic mass is 10.1. The fourth-order valence-corrected chi connectivity index (χ4v) is 3.50. The molecule has 2 aliphatic heterocycles. The van der Waals surface area contributed by atoms with Gasteiger partial charge in [-0.3, -0.25) is 4.90 Å². The number of rotatable bonds is 2. The van der Waals surface area contributed by atoms with Crippen molar-refractivity contribution in [2.75, 3.05) is 19.6 Å². The van der Waals surface area contributed by atoms with E-state index in [1.54, 1.807) is 12.4 Å². The highest BCUT2D eigenvalue weighted by atomic mass is 35.5. The number of carbonyl (C=O) groups excluding carboxylic acids is 1. The van der Waals surface area contributed by atoms with E-state index >= 15 is 0 Å². The van der Waals surface area contributed by atoms with Crippen LogP contribution in [0.1, 0.15) is 32.8 Å². The molecule has 6 nitrogen and oxygen atoms in total. The molecular formula is C16H23ClN4O2. The van der Waals surface area contributed by atoms with Gasteiger partial charge in [0.1, 0.15) is 5.60 Å². The summed E-state index contributed by atoms with van der Waals surface area (Å²) in [6, 6.07) is 0.248. The van der Waals surface area contributed by atoms with Gasteiger partial charge >= 0.3 is 6.09 Å². The molecule has 0 saturated carbocycles. The molecule has 0 radical (unpaired) electrons. The smallest absolute Gasteiger partial charge is 0.410 e. The molecule has 1 aromatic heterocycles. The average Bonchev–Trinajstić information content (AvgIpc) is 2.98. The van der Waals surface area contributed by atoms with Crippen molar-refractivity contribution < 1.29 is 9.53 Å². The van der Waals surface area contributed by atoms with E-state index in [9.17, 15) is 4.79 Å². The van der Waals surface area contributed by atoms with Gasteiger partial charge in [-0.1, -0.05) is 0 Å². The Balaban J connectivity index is 1.60. The first-order chi connectivity index (χ1) is 10.8. The van der Waals surface area contributed by atoms with Crippen molar-refractivity contribution in [3.8, 4) is 0 Å². The predicted molar refractivity (Wildman–Crippen MR) is 87.2 cm³/mol. The SMILES string of the molecule is CC(C)(C)OC(=O)N1CC[C@@H]2CN(Cc3cnc(Cl)nc3)C[C@@H]21. The quantitative estimate of drug-likeness (QED) is 0.776. The molecule has 0 spiro atoms. The number of likely N-dealkylation sites (tertiary alicyclic amines) is 2. The van der Waals surface area contributed by atoms with Crippen molar-refractivity contribution in [2.24, 2.45) is 5.92 Å². The van der Waals surface area contributed by atoms with Crippen LogP contribution in [-0.2, 0) is 11.3 Å². The lowest BCUT2D eigenvalue weighted by Gasteiger charge is -2.28. The maximum Gasteiger partial charge on any atom is 0.410 e. The molecule has 3 rings (SSSR count). The molecule has 0 aliphatic carbocycles. The molecule has 1 aromatic rings. The van der Waals surface area contributed by atoms with Gasteiger partial charge in [-0.2, -0.15) is 0 Å². The Morgan fingerprint density at radius 3 is 2.70 bits per heavy atom. The van der Waals surface area contributed by atoms with Crippen LogP contribution in [0, 0.1) is 5.92 Å². The third-order valence-corrected chi connectivity index (χ3v) is 4.53. The van der Waals surface area contributed by atoms with Crippen molar-refractivity contribution in [1.82, 2.24) is 19.8 Å². The highest BCUT2D eigenvalue weighted by Gasteiger charge is 2.44. The van der Waals surface area contributed by atoms with Crippen LogP contribution >= 0.6 is 11.6 Å². The summed E-state index contributed by atoms with van der Waals surface area (Å²) < 4.78 is 5.53. The number of hydrogen-bond donors (Lipinski definition) is 0. The number of halogens is 1. The van der Waals surface area contributed by atoms with Crippen molar-refractivity contribution >= 4 is 17.7 Å². The molecule has 2 saturated heterocycles. The van der Waals surface area contributed by atoms with E-state index < -0.39 is 5.60 Å². The summed E-state index contributed by atoms with van der Waals surface area (Å²) in [7, 11) is 0. The van der Waals surface area contributed by atoms with Crippen LogP contribution in [-0.4, -0.2) is 57.1 Å². The van der Waals surface area contributed by atoms with Crippen LogP contribution in [0.2, 0.25) is 5.28 Å². The van der Waals surface area contributed by atoms with Crippen LogP contribution in [0.3, 0.4) is 0 Å². The van der Waals surface area contributed by atoms with Crippen molar-refractivity contribution in [3.05, 3.63) is 23.2 Å². The molecule has 0 unspecified atom stereocenters. The first-order valence-electron chi connectivity index (χ1n) is 8.00. The Kier molecular flexibility index (Phi) is 4.47. The molecule has 126 valence electrons. The topological polar surface area (TPSA) is 58.6 Å². The average molecular weight is 339 g/mol. The minimum Gasteiger partial charge on any atom is -0.444 e. The summed E-state index contributed by atoms with van der Waals surface area (Å²) in [5.41, 5.74) is 0.590. The second-order valence-electron chi connectivity index (χ2n) is 7.34.